The average molecular weight is 436 g/mol. The molecule has 0 radical (unpaired) electrons. The predicted octanol–water partition coefficient (Wildman–Crippen LogP) is 4.05. The molecule has 0 aliphatic rings. The number of thioether (sulfide) groups is 1. The smallest absolute Gasteiger partial charge is 0.234 e. The molecule has 0 aliphatic carbocycles. The van der Waals surface area contributed by atoms with Crippen LogP contribution in [0.3, 0.4) is 0 Å². The number of hydrogen-bond acceptors (Lipinski definition) is 5. The molecule has 0 unspecified atom stereocenters. The number of rotatable bonds is 5. The summed E-state index contributed by atoms with van der Waals surface area (Å²) in [6.07, 6.45) is 3.54. The molecule has 3 heterocycles. The molecule has 0 spiro atoms. The molecule has 154 valence electrons. The van der Waals surface area contributed by atoms with Gasteiger partial charge < -0.3 is 5.32 Å². The Kier molecular flexibility index (Phi) is 4.83. The molecule has 0 fully saturated rings. The molecule has 0 atom stereocenters. The third-order valence-electron chi connectivity index (χ3n) is 4.59. The van der Waals surface area contributed by atoms with Crippen LogP contribution in [0.15, 0.2) is 72.1 Å². The van der Waals surface area contributed by atoms with Gasteiger partial charge in [0, 0.05) is 24.0 Å². The second-order valence-electron chi connectivity index (χ2n) is 6.66. The number of halogens is 2. The van der Waals surface area contributed by atoms with E-state index in [4.69, 9.17) is 0 Å². The SMILES string of the molecule is O=C(CSc1nnc2c3cc(-c4ccccc4)nn3ccn12)Nc1cc(F)ccc1F. The van der Waals surface area contributed by atoms with Gasteiger partial charge in [0.15, 0.2) is 10.8 Å². The summed E-state index contributed by atoms with van der Waals surface area (Å²) in [5.41, 5.74) is 2.96. The lowest BCUT2D eigenvalue weighted by atomic mass is 10.1. The molecule has 1 amide bonds. The van der Waals surface area contributed by atoms with Crippen molar-refractivity contribution in [2.45, 2.75) is 5.16 Å². The predicted molar refractivity (Wildman–Crippen MR) is 113 cm³/mol. The number of nitrogens with zero attached hydrogens (tertiary/aromatic N) is 5. The molecule has 5 aromatic rings. The first-order valence-corrected chi connectivity index (χ1v) is 10.2. The molecule has 2 aromatic carbocycles. The van der Waals surface area contributed by atoms with Crippen molar-refractivity contribution in [2.24, 2.45) is 0 Å². The summed E-state index contributed by atoms with van der Waals surface area (Å²) in [6.45, 7) is 0. The topological polar surface area (TPSA) is 76.6 Å². The van der Waals surface area contributed by atoms with Crippen molar-refractivity contribution in [3.05, 3.63) is 78.6 Å². The van der Waals surface area contributed by atoms with Gasteiger partial charge in [-0.15, -0.1) is 10.2 Å². The molecular weight excluding hydrogens is 422 g/mol. The summed E-state index contributed by atoms with van der Waals surface area (Å²) in [6, 6.07) is 14.6. The van der Waals surface area contributed by atoms with Gasteiger partial charge in [-0.2, -0.15) is 5.10 Å². The van der Waals surface area contributed by atoms with Crippen LogP contribution < -0.4 is 5.32 Å². The van der Waals surface area contributed by atoms with Crippen LogP contribution in [0.25, 0.3) is 22.4 Å². The van der Waals surface area contributed by atoms with Crippen LogP contribution in [0.5, 0.6) is 0 Å². The standard InChI is InChI=1S/C21H14F2N6OS/c22-14-6-7-15(23)17(10-14)24-19(30)12-31-21-26-25-20-18-11-16(13-4-2-1-3-5-13)27-29(18)9-8-28(20)21/h1-11H,12H2,(H,24,30). The lowest BCUT2D eigenvalue weighted by Gasteiger charge is -2.06. The highest BCUT2D eigenvalue weighted by Gasteiger charge is 2.15. The fraction of sp³-hybridized carbons (Fsp3) is 0.0476. The fourth-order valence-electron chi connectivity index (χ4n) is 3.15. The molecular formula is C21H14F2N6OS. The van der Waals surface area contributed by atoms with Crippen molar-refractivity contribution in [2.75, 3.05) is 11.1 Å². The van der Waals surface area contributed by atoms with Gasteiger partial charge in [0.25, 0.3) is 0 Å². The Morgan fingerprint density at radius 1 is 1.03 bits per heavy atom. The minimum atomic E-state index is -0.704. The number of nitrogens with one attached hydrogen (secondary N) is 1. The number of aromatic nitrogens is 5. The van der Waals surface area contributed by atoms with E-state index in [-0.39, 0.29) is 11.4 Å². The van der Waals surface area contributed by atoms with Crippen molar-refractivity contribution < 1.29 is 13.6 Å². The first kappa shape index (κ1) is 19.2. The van der Waals surface area contributed by atoms with E-state index in [9.17, 15) is 13.6 Å². The Bertz CT molecular complexity index is 1420. The maximum atomic E-state index is 13.7. The largest absolute Gasteiger partial charge is 0.323 e. The van der Waals surface area contributed by atoms with Crippen LogP contribution in [-0.4, -0.2) is 35.9 Å². The number of hydrogen-bond donors (Lipinski definition) is 1. The van der Waals surface area contributed by atoms with E-state index in [1.807, 2.05) is 36.4 Å². The maximum Gasteiger partial charge on any atom is 0.234 e. The third-order valence-corrected chi connectivity index (χ3v) is 5.53. The van der Waals surface area contributed by atoms with Gasteiger partial charge in [0.2, 0.25) is 5.91 Å². The van der Waals surface area contributed by atoms with Crippen LogP contribution in [0.2, 0.25) is 0 Å². The molecule has 7 nitrogen and oxygen atoms in total. The highest BCUT2D eigenvalue weighted by Crippen LogP contribution is 2.24. The summed E-state index contributed by atoms with van der Waals surface area (Å²) >= 11 is 1.14. The Morgan fingerprint density at radius 2 is 1.87 bits per heavy atom. The summed E-state index contributed by atoms with van der Waals surface area (Å²) in [4.78, 5) is 12.2. The lowest BCUT2D eigenvalue weighted by molar-refractivity contribution is -0.113. The molecule has 0 bridgehead atoms. The molecule has 10 heteroatoms. The number of amides is 1. The van der Waals surface area contributed by atoms with E-state index < -0.39 is 17.5 Å². The van der Waals surface area contributed by atoms with Gasteiger partial charge in [0.1, 0.15) is 17.2 Å². The Hall–Kier alpha value is -3.79. The minimum absolute atomic E-state index is 0.0452. The Morgan fingerprint density at radius 3 is 2.71 bits per heavy atom. The highest BCUT2D eigenvalue weighted by molar-refractivity contribution is 7.99. The van der Waals surface area contributed by atoms with Gasteiger partial charge in [0.05, 0.1) is 17.1 Å². The van der Waals surface area contributed by atoms with Gasteiger partial charge in [-0.05, 0) is 18.2 Å². The van der Waals surface area contributed by atoms with Crippen molar-refractivity contribution in [3.63, 3.8) is 0 Å². The molecule has 31 heavy (non-hydrogen) atoms. The van der Waals surface area contributed by atoms with Crippen LogP contribution in [0, 0.1) is 11.6 Å². The quantitative estimate of drug-likeness (QED) is 0.421. The van der Waals surface area contributed by atoms with Gasteiger partial charge >= 0.3 is 0 Å². The van der Waals surface area contributed by atoms with Gasteiger partial charge in [-0.3, -0.25) is 9.20 Å². The normalized spacial score (nSPS) is 11.3. The fourth-order valence-corrected chi connectivity index (χ4v) is 3.87. The molecule has 5 rings (SSSR count). The van der Waals surface area contributed by atoms with Crippen LogP contribution >= 0.6 is 11.8 Å². The van der Waals surface area contributed by atoms with E-state index in [1.54, 1.807) is 21.3 Å². The molecule has 0 saturated carbocycles. The number of benzene rings is 2. The van der Waals surface area contributed by atoms with E-state index in [0.29, 0.717) is 10.8 Å². The summed E-state index contributed by atoms with van der Waals surface area (Å²) in [5, 5.41) is 15.8. The number of carbonyl (C=O) groups excluding carboxylic acids is 1. The van der Waals surface area contributed by atoms with E-state index >= 15 is 0 Å². The first-order valence-electron chi connectivity index (χ1n) is 9.25. The molecule has 3 aromatic heterocycles. The minimum Gasteiger partial charge on any atom is -0.323 e. The zero-order chi connectivity index (χ0) is 21.4. The van der Waals surface area contributed by atoms with E-state index in [1.165, 1.54) is 0 Å². The van der Waals surface area contributed by atoms with Gasteiger partial charge in [-0.25, -0.2) is 13.3 Å². The second-order valence-corrected chi connectivity index (χ2v) is 7.60. The van der Waals surface area contributed by atoms with Crippen molar-refractivity contribution in [1.29, 1.82) is 0 Å². The van der Waals surface area contributed by atoms with Crippen molar-refractivity contribution in [1.82, 2.24) is 24.2 Å². The monoisotopic (exact) mass is 436 g/mol. The number of anilines is 1. The highest BCUT2D eigenvalue weighted by atomic mass is 32.2. The van der Waals surface area contributed by atoms with Crippen LogP contribution in [0.1, 0.15) is 0 Å². The zero-order valence-corrected chi connectivity index (χ0v) is 16.7. The first-order chi connectivity index (χ1) is 15.1. The molecule has 0 saturated heterocycles. The van der Waals surface area contributed by atoms with Gasteiger partial charge in [-0.1, -0.05) is 42.1 Å². The summed E-state index contributed by atoms with van der Waals surface area (Å²) in [7, 11) is 0. The van der Waals surface area contributed by atoms with Crippen molar-refractivity contribution in [3.8, 4) is 11.3 Å². The van der Waals surface area contributed by atoms with E-state index in [2.05, 4.69) is 20.6 Å². The Balaban J connectivity index is 1.37. The van der Waals surface area contributed by atoms with Crippen molar-refractivity contribution >= 4 is 34.5 Å². The average Bonchev–Trinajstić information content (AvgIpc) is 3.39. The number of carbonyl (C=O) groups is 1. The van der Waals surface area contributed by atoms with Crippen LogP contribution in [0.4, 0.5) is 14.5 Å². The lowest BCUT2D eigenvalue weighted by Crippen LogP contribution is -2.15. The maximum absolute atomic E-state index is 13.7. The zero-order valence-electron chi connectivity index (χ0n) is 15.9. The molecule has 0 aliphatic heterocycles. The summed E-state index contributed by atoms with van der Waals surface area (Å²) in [5.74, 6) is -1.86. The number of fused-ring (bicyclic) bond motifs is 3. The summed E-state index contributed by atoms with van der Waals surface area (Å²) < 4.78 is 30.4. The molecule has 1 N–H and O–H groups in total. The Labute approximate surface area is 178 Å². The van der Waals surface area contributed by atoms with Crippen LogP contribution in [-0.2, 0) is 4.79 Å². The second kappa shape index (κ2) is 7.80. The third kappa shape index (κ3) is 3.73. The van der Waals surface area contributed by atoms with E-state index in [0.717, 1.165) is 46.7 Å².